The Bertz CT molecular complexity index is 2260. The van der Waals surface area contributed by atoms with Crippen LogP contribution < -0.4 is 77.4 Å². The Morgan fingerprint density at radius 3 is 2.11 bits per heavy atom. The molecule has 1 fully saturated rings. The highest BCUT2D eigenvalue weighted by Gasteiger charge is 2.38. The van der Waals surface area contributed by atoms with Crippen LogP contribution in [0.3, 0.4) is 0 Å². The van der Waals surface area contributed by atoms with Gasteiger partial charge < -0.3 is 92.5 Å². The minimum absolute atomic E-state index is 0.00647. The number of carboxylic acids is 1. The molecule has 0 saturated carbocycles. The predicted octanol–water partition coefficient (Wildman–Crippen LogP) is -6.04. The number of carbonyl (C=O) groups is 10. The number of carboxylic acid groups (broad SMARTS) is 1. The molecule has 9 amide bonds. The molecule has 0 bridgehead atoms. The quantitative estimate of drug-likeness (QED) is 0.0132. The van der Waals surface area contributed by atoms with Gasteiger partial charge in [0.25, 0.3) is 11.8 Å². The summed E-state index contributed by atoms with van der Waals surface area (Å²) >= 11 is 0. The van der Waals surface area contributed by atoms with E-state index in [9.17, 15) is 58.2 Å². The third kappa shape index (κ3) is 22.6. The summed E-state index contributed by atoms with van der Waals surface area (Å²) in [6.45, 7) is 0.878. The number of aliphatic hydroxyl groups is 1. The van der Waals surface area contributed by atoms with Crippen LogP contribution in [0.4, 0.5) is 0 Å². The molecule has 0 aliphatic carbocycles. The van der Waals surface area contributed by atoms with Crippen LogP contribution in [0.15, 0.2) is 41.0 Å². The smallest absolute Gasteiger partial charge is 0.352 e. The number of benzene rings is 1. The number of hydrogen-bond acceptors (Lipinski definition) is 17. The molecule has 1 heterocycles. The van der Waals surface area contributed by atoms with E-state index in [0.717, 1.165) is 0 Å². The maximum atomic E-state index is 14.3. The van der Waals surface area contributed by atoms with Crippen molar-refractivity contribution in [3.05, 3.63) is 47.2 Å². The van der Waals surface area contributed by atoms with E-state index in [4.69, 9.17) is 45.5 Å². The first-order valence-corrected chi connectivity index (χ1v) is 24.9. The van der Waals surface area contributed by atoms with Crippen LogP contribution in [-0.2, 0) is 49.6 Å². The Kier molecular flexibility index (Phi) is 29.1. The van der Waals surface area contributed by atoms with E-state index >= 15 is 0 Å². The summed E-state index contributed by atoms with van der Waals surface area (Å²) in [7, 11) is 0. The van der Waals surface area contributed by atoms with Gasteiger partial charge in [0.15, 0.2) is 5.96 Å². The lowest BCUT2D eigenvalue weighted by Gasteiger charge is -2.28. The summed E-state index contributed by atoms with van der Waals surface area (Å²) < 4.78 is 0. The van der Waals surface area contributed by atoms with E-state index in [1.165, 1.54) is 36.1 Å². The number of aliphatic carboxylic acids is 1. The number of aliphatic hydroxyl groups excluding tert-OH is 1. The number of unbranched alkanes of at least 4 members (excludes halogenated alkanes) is 2. The molecule has 1 aliphatic rings. The van der Waals surface area contributed by atoms with E-state index in [1.807, 2.05) is 0 Å². The number of carbonyl (C=O) groups excluding carboxylic acids is 9. The Balaban J connectivity index is 2.35. The molecule has 24 N–H and O–H groups in total. The molecule has 76 heavy (non-hydrogen) atoms. The summed E-state index contributed by atoms with van der Waals surface area (Å²) in [4.78, 5) is 138. The number of nitrogens with one attached hydrogen (secondary N) is 8. The molecular formula is C47H77N17O12. The number of rotatable bonds is 34. The van der Waals surface area contributed by atoms with Crippen LogP contribution in [-0.4, -0.2) is 174 Å². The number of guanidine groups is 1. The van der Waals surface area contributed by atoms with Gasteiger partial charge in [-0.2, -0.15) is 0 Å². The average molecular weight is 1070 g/mol. The first kappa shape index (κ1) is 64.7. The van der Waals surface area contributed by atoms with Gasteiger partial charge in [-0.25, -0.2) is 9.79 Å². The number of amides is 9. The number of hydrogen-bond donors (Lipinski definition) is 17. The van der Waals surface area contributed by atoms with Crippen molar-refractivity contribution in [3.8, 4) is 0 Å². The van der Waals surface area contributed by atoms with E-state index in [-0.39, 0.29) is 88.4 Å². The second kappa shape index (κ2) is 34.2. The van der Waals surface area contributed by atoms with Crippen molar-refractivity contribution in [2.24, 2.45) is 45.1 Å². The first-order valence-electron chi connectivity index (χ1n) is 24.9. The molecule has 29 heteroatoms. The lowest BCUT2D eigenvalue weighted by Crippen LogP contribution is -2.60. The van der Waals surface area contributed by atoms with Gasteiger partial charge in [0.2, 0.25) is 41.4 Å². The van der Waals surface area contributed by atoms with Crippen molar-refractivity contribution in [3.63, 3.8) is 0 Å². The third-order valence-corrected chi connectivity index (χ3v) is 11.8. The molecule has 0 unspecified atom stereocenters. The Morgan fingerprint density at radius 1 is 0.816 bits per heavy atom. The van der Waals surface area contributed by atoms with Crippen molar-refractivity contribution in [1.82, 2.24) is 42.1 Å². The van der Waals surface area contributed by atoms with Crippen molar-refractivity contribution in [2.45, 2.75) is 126 Å². The fourth-order valence-corrected chi connectivity index (χ4v) is 7.61. The fourth-order valence-electron chi connectivity index (χ4n) is 7.61. The lowest BCUT2D eigenvalue weighted by atomic mass is 10.0. The van der Waals surface area contributed by atoms with Crippen LogP contribution in [0.25, 0.3) is 0 Å². The number of primary amides is 1. The molecule has 0 spiro atoms. The molecule has 1 saturated heterocycles. The zero-order valence-electron chi connectivity index (χ0n) is 42.8. The van der Waals surface area contributed by atoms with Gasteiger partial charge in [-0.15, -0.1) is 0 Å². The Labute approximate surface area is 439 Å². The second-order valence-corrected chi connectivity index (χ2v) is 17.8. The van der Waals surface area contributed by atoms with E-state index in [1.54, 1.807) is 6.07 Å². The van der Waals surface area contributed by atoms with Gasteiger partial charge in [0, 0.05) is 31.6 Å². The predicted molar refractivity (Wildman–Crippen MR) is 278 cm³/mol. The topological polar surface area (TPSA) is 517 Å². The maximum absolute atomic E-state index is 14.3. The Morgan fingerprint density at radius 2 is 1.49 bits per heavy atom. The van der Waals surface area contributed by atoms with Gasteiger partial charge in [-0.1, -0.05) is 24.6 Å². The lowest BCUT2D eigenvalue weighted by molar-refractivity contribution is -0.137. The van der Waals surface area contributed by atoms with Crippen molar-refractivity contribution >= 4 is 70.8 Å². The second-order valence-electron chi connectivity index (χ2n) is 17.8. The molecule has 422 valence electrons. The highest BCUT2D eigenvalue weighted by molar-refractivity contribution is 6.40. The minimum Gasteiger partial charge on any atom is -0.477 e. The molecule has 0 aromatic heterocycles. The number of nitrogens with zero attached hydrogens (tertiary/aromatic N) is 2. The fraction of sp³-hybridized carbons (Fsp3) is 0.574. The van der Waals surface area contributed by atoms with Gasteiger partial charge >= 0.3 is 5.97 Å². The van der Waals surface area contributed by atoms with E-state index in [0.29, 0.717) is 44.2 Å². The summed E-state index contributed by atoms with van der Waals surface area (Å²) in [6, 6.07) is -2.07. The molecule has 1 aliphatic heterocycles. The van der Waals surface area contributed by atoms with Crippen LogP contribution in [0, 0.1) is 5.41 Å². The van der Waals surface area contributed by atoms with Gasteiger partial charge in [0.05, 0.1) is 18.7 Å². The summed E-state index contributed by atoms with van der Waals surface area (Å²) in [6.07, 6.45) is 2.02. The van der Waals surface area contributed by atoms with Gasteiger partial charge in [-0.05, 0) is 108 Å². The van der Waals surface area contributed by atoms with Gasteiger partial charge in [-0.3, -0.25) is 48.6 Å². The average Bonchev–Trinajstić information content (AvgIpc) is 3.88. The zero-order chi connectivity index (χ0) is 56.9. The van der Waals surface area contributed by atoms with Gasteiger partial charge in [0.1, 0.15) is 41.6 Å². The zero-order valence-corrected chi connectivity index (χ0v) is 42.8. The third-order valence-electron chi connectivity index (χ3n) is 11.8. The molecular weight excluding hydrogens is 995 g/mol. The van der Waals surface area contributed by atoms with Crippen molar-refractivity contribution in [2.75, 3.05) is 45.8 Å². The monoisotopic (exact) mass is 1070 g/mol. The minimum atomic E-state index is -1.59. The van der Waals surface area contributed by atoms with E-state index < -0.39 is 120 Å². The van der Waals surface area contributed by atoms with Crippen LogP contribution in [0.2, 0.25) is 0 Å². The Hall–Kier alpha value is -7.44. The highest BCUT2D eigenvalue weighted by atomic mass is 16.4. The molecule has 7 atom stereocenters. The highest BCUT2D eigenvalue weighted by Crippen LogP contribution is 2.20. The normalized spacial score (nSPS) is 15.9. The molecule has 1 aromatic carbocycles. The molecule has 2 rings (SSSR count). The number of nitrogens with two attached hydrogens (primary N) is 7. The molecule has 0 radical (unpaired) electrons. The standard InChI is InChI=1S/C47H77N17O12/c1-26(58-44(73)37(35(65)24-51)63-40(69)29(52)12-2-4-17-48)39(68)57-25-36(66)59-31(14-7-19-50)45(74)64-21-9-16-34(64)43(72)62-33(23-27-10-6-11-28(22-27)38(53)67)42(71)60-30(13-3-5-18-49)41(70)61-32(46(75)76)15-8-20-56-47(54)55/h6,10-11,15,22,26,29-30,33-35,37,65H,2-5,7-9,12-14,16-21,23-25,48-52H2,1H3,(H2,53,67)(H,57,68)(H,58,73)(H,60,71)(H,61,70)(H,62,72)(H,63,69)(H,75,76)(H4,54,55,56)/b32-15-,59-31+/t26-,29-,30-,33-,34-,35-,37-/m0/s1. The first-order chi connectivity index (χ1) is 36.1. The summed E-state index contributed by atoms with van der Waals surface area (Å²) in [5.74, 6) is -9.63. The molecule has 1 aromatic rings. The maximum Gasteiger partial charge on any atom is 0.352 e. The van der Waals surface area contributed by atoms with Crippen LogP contribution >= 0.6 is 0 Å². The van der Waals surface area contributed by atoms with Crippen molar-refractivity contribution < 1.29 is 58.2 Å². The van der Waals surface area contributed by atoms with E-state index in [2.05, 4.69) is 42.2 Å². The largest absolute Gasteiger partial charge is 0.477 e. The number of aliphatic imine (C=N–C) groups is 1. The summed E-state index contributed by atoms with van der Waals surface area (Å²) in [5.41, 5.74) is 38.8. The summed E-state index contributed by atoms with van der Waals surface area (Å²) in [5, 5.41) is 44.6. The SMILES string of the molecule is C[C@H](NC(=O)[C@@H](NC(=O)[C@@H](N)CCCCN)[C@@H](O)CN)C(=O)NCC(=O)/N=C(\CCCN)C(=O)N1CCC[C@H]1C(=O)N[C@@H](Cc1cccc(C(N)=O)c1)C(=O)N[C@@H](CCCCN)C(=O)N/C(=C\CCNC(=N)N)C(=O)O. The number of likely N-dealkylation sites (tertiary alicyclic amines) is 1. The molecule has 29 nitrogen and oxygen atoms in total. The van der Waals surface area contributed by atoms with Crippen LogP contribution in [0.5, 0.6) is 0 Å². The van der Waals surface area contributed by atoms with Crippen LogP contribution in [0.1, 0.15) is 93.5 Å². The van der Waals surface area contributed by atoms with Crippen molar-refractivity contribution in [1.29, 1.82) is 5.41 Å².